The van der Waals surface area contributed by atoms with Gasteiger partial charge in [0.2, 0.25) is 0 Å². The Kier molecular flexibility index (Phi) is 7.03. The second-order valence-electron chi connectivity index (χ2n) is 7.42. The second-order valence-corrected chi connectivity index (χ2v) is 7.42. The van der Waals surface area contributed by atoms with Crippen LogP contribution in [0.5, 0.6) is 5.75 Å². The summed E-state index contributed by atoms with van der Waals surface area (Å²) in [5, 5.41) is 31.4. The average Bonchev–Trinajstić information content (AvgIpc) is 2.96. The predicted molar refractivity (Wildman–Crippen MR) is 111 cm³/mol. The molecule has 30 heavy (non-hydrogen) atoms. The van der Waals surface area contributed by atoms with Crippen LogP contribution in [0.15, 0.2) is 30.0 Å². The van der Waals surface area contributed by atoms with Crippen LogP contribution < -0.4 is 15.0 Å². The molecule has 1 aromatic heterocycles. The van der Waals surface area contributed by atoms with Crippen LogP contribution in [0.1, 0.15) is 30.9 Å². The zero-order chi connectivity index (χ0) is 21.5. The van der Waals surface area contributed by atoms with Crippen LogP contribution in [-0.4, -0.2) is 53.0 Å². The number of hydrogen-bond donors (Lipinski definition) is 3. The molecule has 3 rings (SSSR count). The Balaban J connectivity index is 1.65. The molecule has 158 valence electrons. The molecule has 2 aromatic rings. The van der Waals surface area contributed by atoms with Gasteiger partial charge in [0.25, 0.3) is 5.91 Å². The molecule has 2 heterocycles. The predicted octanol–water partition coefficient (Wildman–Crippen LogP) is 0.959. The number of benzene rings is 1. The number of carbonyl (C=O) groups excluding carboxylic acids is 1. The molecule has 0 saturated carbocycles. The van der Waals surface area contributed by atoms with Gasteiger partial charge in [0, 0.05) is 18.7 Å². The number of likely N-dealkylation sites (N-methyl/N-ethyl adjacent to an activating group) is 1. The van der Waals surface area contributed by atoms with E-state index in [0.717, 1.165) is 43.0 Å². The van der Waals surface area contributed by atoms with Crippen molar-refractivity contribution >= 4 is 17.2 Å². The van der Waals surface area contributed by atoms with Crippen LogP contribution in [0.25, 0.3) is 5.57 Å². The van der Waals surface area contributed by atoms with E-state index in [1.54, 1.807) is 38.4 Å². The number of aromatic nitrogens is 3. The number of allylic oxidation sites excluding steroid dienone is 1. The zero-order valence-corrected chi connectivity index (χ0v) is 17.3. The maximum atomic E-state index is 12.3. The smallest absolute Gasteiger partial charge is 0.279 e. The molecule has 1 atom stereocenters. The first-order valence-electron chi connectivity index (χ1n) is 10.0. The molecule has 9 nitrogen and oxygen atoms in total. The molecule has 9 heteroatoms. The highest BCUT2D eigenvalue weighted by Crippen LogP contribution is 2.20. The highest BCUT2D eigenvalue weighted by Gasteiger charge is 2.22. The number of aliphatic hydroxyl groups is 1. The number of ether oxygens (including phenoxy) is 1. The molecule has 3 N–H and O–H groups in total. The zero-order valence-electron chi connectivity index (χ0n) is 17.3. The summed E-state index contributed by atoms with van der Waals surface area (Å²) >= 11 is 0. The maximum absolute atomic E-state index is 12.3. The van der Waals surface area contributed by atoms with Gasteiger partial charge < -0.3 is 24.6 Å². The van der Waals surface area contributed by atoms with Gasteiger partial charge >= 0.3 is 0 Å². The fraction of sp³-hybridized carbons (Fsp3) is 0.429. The van der Waals surface area contributed by atoms with Crippen molar-refractivity contribution in [1.29, 1.82) is 5.26 Å². The van der Waals surface area contributed by atoms with Crippen molar-refractivity contribution in [2.24, 2.45) is 0 Å². The van der Waals surface area contributed by atoms with Gasteiger partial charge in [0.05, 0.1) is 14.2 Å². The highest BCUT2D eigenvalue weighted by atomic mass is 16.5. The lowest BCUT2D eigenvalue weighted by molar-refractivity contribution is -0.867. The van der Waals surface area contributed by atoms with Crippen molar-refractivity contribution in [2.45, 2.75) is 32.2 Å². The summed E-state index contributed by atoms with van der Waals surface area (Å²) in [6, 6.07) is 9.11. The van der Waals surface area contributed by atoms with Crippen molar-refractivity contribution in [1.82, 2.24) is 14.8 Å². The summed E-state index contributed by atoms with van der Waals surface area (Å²) in [4.78, 5) is 13.0. The van der Waals surface area contributed by atoms with E-state index < -0.39 is 0 Å². The van der Waals surface area contributed by atoms with Gasteiger partial charge in [-0.2, -0.15) is 5.26 Å². The number of nitrogens with one attached hydrogen (secondary N) is 2. The van der Waals surface area contributed by atoms with Gasteiger partial charge in [-0.3, -0.25) is 4.79 Å². The van der Waals surface area contributed by atoms with E-state index in [1.165, 1.54) is 0 Å². The van der Waals surface area contributed by atoms with E-state index >= 15 is 0 Å². The van der Waals surface area contributed by atoms with E-state index in [0.29, 0.717) is 17.3 Å². The first kappa shape index (κ1) is 21.3. The molecule has 1 amide bonds. The van der Waals surface area contributed by atoms with Gasteiger partial charge in [-0.05, 0) is 37.1 Å². The van der Waals surface area contributed by atoms with E-state index in [9.17, 15) is 15.2 Å². The minimum Gasteiger partial charge on any atom is -0.506 e. The first-order valence-corrected chi connectivity index (χ1v) is 10.0. The fourth-order valence-corrected chi connectivity index (χ4v) is 3.50. The van der Waals surface area contributed by atoms with Gasteiger partial charge in [-0.25, -0.2) is 0 Å². The Labute approximate surface area is 175 Å². The summed E-state index contributed by atoms with van der Waals surface area (Å²) in [5.41, 5.74) is 0.780. The Bertz CT molecular complexity index is 958. The lowest BCUT2D eigenvalue weighted by atomic mass is 10.2. The summed E-state index contributed by atoms with van der Waals surface area (Å²) in [6.45, 7) is 0.997. The molecule has 0 spiro atoms. The number of anilines is 1. The molecule has 0 saturated heterocycles. The van der Waals surface area contributed by atoms with Gasteiger partial charge in [0.15, 0.2) is 18.1 Å². The van der Waals surface area contributed by atoms with Crippen molar-refractivity contribution in [2.75, 3.05) is 32.6 Å². The lowest BCUT2D eigenvalue weighted by Crippen LogP contribution is -3.10. The first-order chi connectivity index (χ1) is 14.5. The largest absolute Gasteiger partial charge is 0.506 e. The summed E-state index contributed by atoms with van der Waals surface area (Å²) in [6.07, 6.45) is 3.97. The minimum atomic E-state index is -0.194. The molecule has 0 aliphatic carbocycles. The standard InChI is InChI=1S/C21H26N6O3/c1-26(14-20(29)23-15-7-9-16(30-2)10-8-15)13-18(28)17(12-22)21-25-24-19-6-4-3-5-11-27(19)21/h7-10,28H,3-6,11,13-14H2,1-2H3,(H,23,29)/p+1/b18-17-. The average molecular weight is 411 g/mol. The Hall–Kier alpha value is -3.38. The lowest BCUT2D eigenvalue weighted by Gasteiger charge is -2.14. The third-order valence-corrected chi connectivity index (χ3v) is 5.04. The topological polar surface area (TPSA) is 118 Å². The van der Waals surface area contributed by atoms with Crippen LogP contribution in [0.3, 0.4) is 0 Å². The van der Waals surface area contributed by atoms with Crippen molar-refractivity contribution < 1.29 is 19.5 Å². The van der Waals surface area contributed by atoms with Crippen molar-refractivity contribution in [3.63, 3.8) is 0 Å². The molecular weight excluding hydrogens is 384 g/mol. The van der Waals surface area contributed by atoms with E-state index in [-0.39, 0.29) is 30.3 Å². The highest BCUT2D eigenvalue weighted by molar-refractivity contribution is 5.91. The third-order valence-electron chi connectivity index (χ3n) is 5.04. The number of fused-ring (bicyclic) bond motifs is 1. The number of rotatable bonds is 7. The molecule has 1 unspecified atom stereocenters. The SMILES string of the molecule is COc1ccc(NC(=O)C[NH+](C)C/C(O)=C(\C#N)c2nnc3n2CCCCC3)cc1. The monoisotopic (exact) mass is 411 g/mol. The van der Waals surface area contributed by atoms with Crippen LogP contribution in [0, 0.1) is 11.3 Å². The van der Waals surface area contributed by atoms with Gasteiger partial charge in [-0.1, -0.05) is 6.42 Å². The maximum Gasteiger partial charge on any atom is 0.279 e. The number of nitriles is 1. The third kappa shape index (κ3) is 5.15. The molecular formula is C21H27N6O3+. The molecule has 1 aliphatic rings. The summed E-state index contributed by atoms with van der Waals surface area (Å²) in [7, 11) is 3.36. The van der Waals surface area contributed by atoms with Gasteiger partial charge in [0.1, 0.15) is 29.8 Å². The Morgan fingerprint density at radius 1 is 1.27 bits per heavy atom. The van der Waals surface area contributed by atoms with Crippen molar-refractivity contribution in [3.8, 4) is 11.8 Å². The molecule has 0 bridgehead atoms. The number of hydrogen-bond acceptors (Lipinski definition) is 6. The summed E-state index contributed by atoms with van der Waals surface area (Å²) in [5.74, 6) is 1.68. The minimum absolute atomic E-state index is 0.0910. The van der Waals surface area contributed by atoms with Crippen LogP contribution >= 0.6 is 0 Å². The van der Waals surface area contributed by atoms with E-state index in [4.69, 9.17) is 4.74 Å². The van der Waals surface area contributed by atoms with E-state index in [1.807, 2.05) is 4.57 Å². The number of nitrogens with zero attached hydrogens (tertiary/aromatic N) is 4. The quantitative estimate of drug-likeness (QED) is 0.461. The number of methoxy groups -OCH3 is 1. The van der Waals surface area contributed by atoms with Crippen LogP contribution in [-0.2, 0) is 17.8 Å². The molecule has 0 radical (unpaired) electrons. The Morgan fingerprint density at radius 3 is 2.73 bits per heavy atom. The second kappa shape index (κ2) is 9.89. The number of aryl methyl sites for hydroxylation is 1. The fourth-order valence-electron chi connectivity index (χ4n) is 3.50. The molecule has 1 aliphatic heterocycles. The number of amides is 1. The number of aliphatic hydroxyl groups excluding tert-OH is 1. The van der Waals surface area contributed by atoms with E-state index in [2.05, 4.69) is 21.6 Å². The van der Waals surface area contributed by atoms with Crippen LogP contribution in [0.2, 0.25) is 0 Å². The summed E-state index contributed by atoms with van der Waals surface area (Å²) < 4.78 is 7.02. The van der Waals surface area contributed by atoms with Crippen molar-refractivity contribution in [3.05, 3.63) is 41.7 Å². The van der Waals surface area contributed by atoms with Crippen LogP contribution in [0.4, 0.5) is 5.69 Å². The molecule has 1 aromatic carbocycles. The number of quaternary nitrogens is 1. The molecule has 0 fully saturated rings. The Morgan fingerprint density at radius 2 is 2.03 bits per heavy atom. The van der Waals surface area contributed by atoms with Gasteiger partial charge in [-0.15, -0.1) is 10.2 Å². The number of carbonyl (C=O) groups is 1. The normalized spacial score (nSPS) is 15.2.